The Balaban J connectivity index is 1.48. The number of thiophene rings is 1. The summed E-state index contributed by atoms with van der Waals surface area (Å²) in [5, 5.41) is 12.2. The van der Waals surface area contributed by atoms with E-state index < -0.39 is 15.9 Å². The summed E-state index contributed by atoms with van der Waals surface area (Å²) in [5.74, 6) is 0.456. The first-order chi connectivity index (χ1) is 16.4. The van der Waals surface area contributed by atoms with Crippen molar-refractivity contribution in [2.45, 2.75) is 17.1 Å². The standard InChI is InChI=1S/C21H24N4O7S2/c1-29-15-10-14(11-16(30-2)18(15)31-3)20-23-24-21(32-20)22-19(26)13-6-4-8-25(12-13)34(27,28)17-7-5-9-33-17/h5,7,9-11,13H,4,6,8,12H2,1-3H3,(H,22,24,26). The number of sulfonamides is 1. The summed E-state index contributed by atoms with van der Waals surface area (Å²) in [7, 11) is 0.861. The van der Waals surface area contributed by atoms with Gasteiger partial charge in [-0.25, -0.2) is 8.42 Å². The van der Waals surface area contributed by atoms with Crippen molar-refractivity contribution in [1.29, 1.82) is 0 Å². The second-order valence-electron chi connectivity index (χ2n) is 7.45. The summed E-state index contributed by atoms with van der Waals surface area (Å²) in [6.45, 7) is 0.454. The molecular weight excluding hydrogens is 484 g/mol. The molecular formula is C21H24N4O7S2. The number of carbonyl (C=O) groups excluding carboxylic acids is 1. The highest BCUT2D eigenvalue weighted by atomic mass is 32.2. The molecule has 1 aliphatic heterocycles. The molecule has 0 spiro atoms. The van der Waals surface area contributed by atoms with Crippen LogP contribution in [0.15, 0.2) is 38.3 Å². The van der Waals surface area contributed by atoms with Crippen LogP contribution in [0.25, 0.3) is 11.5 Å². The van der Waals surface area contributed by atoms with Crippen LogP contribution in [0.5, 0.6) is 17.2 Å². The van der Waals surface area contributed by atoms with Crippen LogP contribution < -0.4 is 19.5 Å². The van der Waals surface area contributed by atoms with Crippen LogP contribution in [0.3, 0.4) is 0 Å². The van der Waals surface area contributed by atoms with E-state index in [0.29, 0.717) is 42.2 Å². The first-order valence-electron chi connectivity index (χ1n) is 10.4. The van der Waals surface area contributed by atoms with Crippen molar-refractivity contribution in [1.82, 2.24) is 14.5 Å². The predicted molar refractivity (Wildman–Crippen MR) is 124 cm³/mol. The second-order valence-corrected chi connectivity index (χ2v) is 10.6. The van der Waals surface area contributed by atoms with E-state index in [4.69, 9.17) is 18.6 Å². The van der Waals surface area contributed by atoms with Gasteiger partial charge in [0.2, 0.25) is 17.5 Å². The topological polar surface area (TPSA) is 133 Å². The number of piperidine rings is 1. The van der Waals surface area contributed by atoms with E-state index in [-0.39, 0.29) is 28.6 Å². The molecule has 11 nitrogen and oxygen atoms in total. The van der Waals surface area contributed by atoms with Crippen LogP contribution in [0.4, 0.5) is 6.01 Å². The van der Waals surface area contributed by atoms with Crippen LogP contribution in [0.2, 0.25) is 0 Å². The predicted octanol–water partition coefficient (Wildman–Crippen LogP) is 2.86. The average Bonchev–Trinajstić information content (AvgIpc) is 3.56. The number of amides is 1. The Bertz CT molecular complexity index is 1230. The van der Waals surface area contributed by atoms with Gasteiger partial charge in [-0.2, -0.15) is 4.31 Å². The third-order valence-electron chi connectivity index (χ3n) is 5.41. The van der Waals surface area contributed by atoms with E-state index in [1.807, 2.05) is 0 Å². The quantitative estimate of drug-likeness (QED) is 0.487. The number of nitrogens with one attached hydrogen (secondary N) is 1. The summed E-state index contributed by atoms with van der Waals surface area (Å²) in [5.41, 5.74) is 0.508. The largest absolute Gasteiger partial charge is 0.493 e. The summed E-state index contributed by atoms with van der Waals surface area (Å²) >= 11 is 1.15. The Hall–Kier alpha value is -3.16. The van der Waals surface area contributed by atoms with Crippen molar-refractivity contribution in [2.75, 3.05) is 39.7 Å². The van der Waals surface area contributed by atoms with E-state index >= 15 is 0 Å². The highest BCUT2D eigenvalue weighted by Gasteiger charge is 2.34. The molecule has 13 heteroatoms. The number of methoxy groups -OCH3 is 3. The van der Waals surface area contributed by atoms with Gasteiger partial charge in [0.25, 0.3) is 10.0 Å². The first kappa shape index (κ1) is 24.0. The van der Waals surface area contributed by atoms with Gasteiger partial charge in [-0.05, 0) is 36.4 Å². The number of anilines is 1. The maximum atomic E-state index is 12.8. The Morgan fingerprint density at radius 3 is 2.53 bits per heavy atom. The van der Waals surface area contributed by atoms with E-state index in [2.05, 4.69) is 15.5 Å². The molecule has 182 valence electrons. The van der Waals surface area contributed by atoms with Crippen molar-refractivity contribution in [3.63, 3.8) is 0 Å². The van der Waals surface area contributed by atoms with Crippen LogP contribution in [0.1, 0.15) is 12.8 Å². The molecule has 1 amide bonds. The number of nitrogens with zero attached hydrogens (tertiary/aromatic N) is 3. The van der Waals surface area contributed by atoms with Crippen LogP contribution >= 0.6 is 11.3 Å². The summed E-state index contributed by atoms with van der Waals surface area (Å²) < 4.78 is 48.9. The minimum Gasteiger partial charge on any atom is -0.493 e. The Kier molecular flexibility index (Phi) is 7.05. The maximum absolute atomic E-state index is 12.8. The molecule has 0 radical (unpaired) electrons. The molecule has 1 unspecified atom stereocenters. The Morgan fingerprint density at radius 2 is 1.91 bits per heavy atom. The third-order valence-corrected chi connectivity index (χ3v) is 8.65. The normalized spacial score (nSPS) is 16.7. The van der Waals surface area contributed by atoms with E-state index in [9.17, 15) is 13.2 Å². The molecule has 2 aromatic heterocycles. The number of ether oxygens (including phenoxy) is 3. The Morgan fingerprint density at radius 1 is 1.18 bits per heavy atom. The lowest BCUT2D eigenvalue weighted by Gasteiger charge is -2.30. The second kappa shape index (κ2) is 9.99. The van der Waals surface area contributed by atoms with E-state index in [1.165, 1.54) is 25.6 Å². The van der Waals surface area contributed by atoms with Crippen LogP contribution in [-0.4, -0.2) is 63.2 Å². The molecule has 3 heterocycles. The number of rotatable bonds is 8. The molecule has 1 aromatic carbocycles. The minimum absolute atomic E-state index is 0.0833. The van der Waals surface area contributed by atoms with Gasteiger partial charge in [-0.1, -0.05) is 11.2 Å². The molecule has 1 saturated heterocycles. The summed E-state index contributed by atoms with van der Waals surface area (Å²) in [6, 6.07) is 6.45. The number of carbonyl (C=O) groups is 1. The zero-order valence-electron chi connectivity index (χ0n) is 18.8. The van der Waals surface area contributed by atoms with Gasteiger partial charge >= 0.3 is 6.01 Å². The molecule has 0 bridgehead atoms. The summed E-state index contributed by atoms with van der Waals surface area (Å²) in [4.78, 5) is 12.8. The average molecular weight is 509 g/mol. The van der Waals surface area contributed by atoms with Crippen molar-refractivity contribution in [3.05, 3.63) is 29.6 Å². The van der Waals surface area contributed by atoms with Crippen LogP contribution in [-0.2, 0) is 14.8 Å². The molecule has 1 N–H and O–H groups in total. The number of aromatic nitrogens is 2. The third kappa shape index (κ3) is 4.72. The van der Waals surface area contributed by atoms with Gasteiger partial charge in [0.15, 0.2) is 11.5 Å². The van der Waals surface area contributed by atoms with Crippen molar-refractivity contribution in [2.24, 2.45) is 5.92 Å². The fourth-order valence-electron chi connectivity index (χ4n) is 3.71. The highest BCUT2D eigenvalue weighted by molar-refractivity contribution is 7.91. The Labute approximate surface area is 200 Å². The highest BCUT2D eigenvalue weighted by Crippen LogP contribution is 2.41. The number of hydrogen-bond donors (Lipinski definition) is 1. The molecule has 34 heavy (non-hydrogen) atoms. The smallest absolute Gasteiger partial charge is 0.322 e. The molecule has 0 aliphatic carbocycles. The van der Waals surface area contributed by atoms with E-state index in [0.717, 1.165) is 11.3 Å². The zero-order valence-corrected chi connectivity index (χ0v) is 20.4. The molecule has 3 aromatic rings. The minimum atomic E-state index is -3.62. The monoisotopic (exact) mass is 508 g/mol. The van der Waals surface area contributed by atoms with Crippen LogP contribution in [0, 0.1) is 5.92 Å². The SMILES string of the molecule is COc1cc(-c2nnc(NC(=O)C3CCCN(S(=O)(=O)c4cccs4)C3)o2)cc(OC)c1OC. The van der Waals surface area contributed by atoms with Crippen molar-refractivity contribution in [3.8, 4) is 28.7 Å². The van der Waals surface area contributed by atoms with Gasteiger partial charge < -0.3 is 18.6 Å². The molecule has 1 atom stereocenters. The van der Waals surface area contributed by atoms with Gasteiger partial charge in [0.1, 0.15) is 4.21 Å². The van der Waals surface area contributed by atoms with Gasteiger partial charge in [0.05, 0.1) is 27.2 Å². The fraction of sp³-hybridized carbons (Fsp3) is 0.381. The lowest BCUT2D eigenvalue weighted by Crippen LogP contribution is -2.43. The van der Waals surface area contributed by atoms with Gasteiger partial charge in [0, 0.05) is 18.7 Å². The zero-order chi connectivity index (χ0) is 24.3. The van der Waals surface area contributed by atoms with Crippen molar-refractivity contribution < 1.29 is 31.8 Å². The lowest BCUT2D eigenvalue weighted by molar-refractivity contribution is -0.121. The fourth-order valence-corrected chi connectivity index (χ4v) is 6.38. The summed E-state index contributed by atoms with van der Waals surface area (Å²) in [6.07, 6.45) is 1.12. The van der Waals surface area contributed by atoms with Gasteiger partial charge in [-0.3, -0.25) is 10.1 Å². The van der Waals surface area contributed by atoms with Gasteiger partial charge in [-0.15, -0.1) is 16.4 Å². The van der Waals surface area contributed by atoms with Crippen molar-refractivity contribution >= 4 is 33.3 Å². The number of benzene rings is 1. The van der Waals surface area contributed by atoms with E-state index in [1.54, 1.807) is 29.6 Å². The maximum Gasteiger partial charge on any atom is 0.322 e. The molecule has 1 aliphatic rings. The first-order valence-corrected chi connectivity index (χ1v) is 12.7. The number of hydrogen-bond acceptors (Lipinski definition) is 10. The molecule has 0 saturated carbocycles. The molecule has 4 rings (SSSR count). The lowest BCUT2D eigenvalue weighted by atomic mass is 9.99. The molecule has 1 fully saturated rings.